The Morgan fingerprint density at radius 1 is 1.22 bits per heavy atom. The summed E-state index contributed by atoms with van der Waals surface area (Å²) in [7, 11) is 0. The first kappa shape index (κ1) is 13.2. The van der Waals surface area contributed by atoms with Gasteiger partial charge in [0, 0.05) is 6.04 Å². The molecule has 1 aliphatic heterocycles. The fraction of sp³-hybridized carbons (Fsp3) is 0.600. The van der Waals surface area contributed by atoms with Crippen LogP contribution < -0.4 is 14.8 Å². The topological polar surface area (TPSA) is 30.5 Å². The number of hydrogen-bond acceptors (Lipinski definition) is 3. The summed E-state index contributed by atoms with van der Waals surface area (Å²) >= 11 is 0. The van der Waals surface area contributed by atoms with Crippen LogP contribution in [0.1, 0.15) is 38.7 Å². The Morgan fingerprint density at radius 3 is 2.89 bits per heavy atom. The summed E-state index contributed by atoms with van der Waals surface area (Å²) in [5.74, 6) is 1.74. The summed E-state index contributed by atoms with van der Waals surface area (Å²) in [6.45, 7) is 5.93. The highest BCUT2D eigenvalue weighted by molar-refractivity contribution is 5.44. The second-order valence-electron chi connectivity index (χ2n) is 4.95. The number of ether oxygens (including phenoxy) is 2. The van der Waals surface area contributed by atoms with E-state index < -0.39 is 0 Å². The molecule has 0 spiro atoms. The molecule has 0 aliphatic carbocycles. The standard InChI is InChI=1S/C15H23NO2/c1-3-4-5-8-16-12(2)9-13-6-7-14-15(10-13)18-11-17-14/h6-7,10,12,16H,3-5,8-9,11H2,1-2H3. The molecule has 1 N–H and O–H groups in total. The van der Waals surface area contributed by atoms with Crippen LogP contribution in [0, 0.1) is 0 Å². The summed E-state index contributed by atoms with van der Waals surface area (Å²) in [4.78, 5) is 0. The molecule has 1 aromatic carbocycles. The van der Waals surface area contributed by atoms with Crippen LogP contribution in [0.4, 0.5) is 0 Å². The van der Waals surface area contributed by atoms with E-state index in [2.05, 4.69) is 31.3 Å². The van der Waals surface area contributed by atoms with E-state index in [1.807, 2.05) is 6.07 Å². The zero-order chi connectivity index (χ0) is 12.8. The Labute approximate surface area is 109 Å². The van der Waals surface area contributed by atoms with Gasteiger partial charge in [-0.25, -0.2) is 0 Å². The molecule has 3 heteroatoms. The summed E-state index contributed by atoms with van der Waals surface area (Å²) in [5, 5.41) is 3.56. The number of rotatable bonds is 7. The number of nitrogens with one attached hydrogen (secondary N) is 1. The minimum Gasteiger partial charge on any atom is -0.454 e. The van der Waals surface area contributed by atoms with Crippen LogP contribution in [0.15, 0.2) is 18.2 Å². The third kappa shape index (κ3) is 3.64. The molecule has 3 nitrogen and oxygen atoms in total. The van der Waals surface area contributed by atoms with Crippen LogP contribution >= 0.6 is 0 Å². The van der Waals surface area contributed by atoms with Crippen molar-refractivity contribution < 1.29 is 9.47 Å². The van der Waals surface area contributed by atoms with E-state index in [0.717, 1.165) is 24.5 Å². The Bertz CT molecular complexity index is 379. The molecule has 0 aromatic heterocycles. The van der Waals surface area contributed by atoms with Gasteiger partial charge in [0.2, 0.25) is 6.79 Å². The maximum absolute atomic E-state index is 5.39. The first-order valence-corrected chi connectivity index (χ1v) is 6.91. The average Bonchev–Trinajstić information content (AvgIpc) is 2.82. The first-order chi connectivity index (χ1) is 8.79. The van der Waals surface area contributed by atoms with Crippen molar-refractivity contribution in [3.63, 3.8) is 0 Å². The van der Waals surface area contributed by atoms with Crippen molar-refractivity contribution in [1.82, 2.24) is 5.32 Å². The third-order valence-electron chi connectivity index (χ3n) is 3.25. The smallest absolute Gasteiger partial charge is 0.231 e. The molecule has 0 fully saturated rings. The quantitative estimate of drug-likeness (QED) is 0.753. The second-order valence-corrected chi connectivity index (χ2v) is 4.95. The molecule has 1 heterocycles. The SMILES string of the molecule is CCCCCNC(C)Cc1ccc2c(c1)OCO2. The number of benzene rings is 1. The maximum atomic E-state index is 5.39. The van der Waals surface area contributed by atoms with Crippen LogP contribution in [0.5, 0.6) is 11.5 Å². The lowest BCUT2D eigenvalue weighted by Crippen LogP contribution is -2.28. The predicted octanol–water partition coefficient (Wildman–Crippen LogP) is 3.13. The van der Waals surface area contributed by atoms with Gasteiger partial charge in [0.15, 0.2) is 11.5 Å². The molecule has 1 unspecified atom stereocenters. The van der Waals surface area contributed by atoms with Crippen molar-refractivity contribution in [1.29, 1.82) is 0 Å². The molecule has 0 amide bonds. The van der Waals surface area contributed by atoms with Gasteiger partial charge in [-0.1, -0.05) is 25.8 Å². The molecule has 18 heavy (non-hydrogen) atoms. The summed E-state index contributed by atoms with van der Waals surface area (Å²) in [6.07, 6.45) is 4.88. The molecular formula is C15H23NO2. The van der Waals surface area contributed by atoms with E-state index in [9.17, 15) is 0 Å². The summed E-state index contributed by atoms with van der Waals surface area (Å²) in [5.41, 5.74) is 1.30. The number of unbranched alkanes of at least 4 members (excludes halogenated alkanes) is 2. The van der Waals surface area contributed by atoms with Gasteiger partial charge >= 0.3 is 0 Å². The third-order valence-corrected chi connectivity index (χ3v) is 3.25. The maximum Gasteiger partial charge on any atom is 0.231 e. The molecular weight excluding hydrogens is 226 g/mol. The van der Waals surface area contributed by atoms with Crippen LogP contribution in [0.2, 0.25) is 0 Å². The lowest BCUT2D eigenvalue weighted by molar-refractivity contribution is 0.174. The van der Waals surface area contributed by atoms with Gasteiger partial charge in [-0.3, -0.25) is 0 Å². The Hall–Kier alpha value is -1.22. The normalized spacial score (nSPS) is 14.8. The fourth-order valence-corrected chi connectivity index (χ4v) is 2.22. The molecule has 0 radical (unpaired) electrons. The molecule has 100 valence electrons. The highest BCUT2D eigenvalue weighted by atomic mass is 16.7. The van der Waals surface area contributed by atoms with Gasteiger partial charge in [-0.15, -0.1) is 0 Å². The Balaban J connectivity index is 1.78. The zero-order valence-electron chi connectivity index (χ0n) is 11.4. The second kappa shape index (κ2) is 6.64. The van der Waals surface area contributed by atoms with E-state index in [4.69, 9.17) is 9.47 Å². The van der Waals surface area contributed by atoms with E-state index in [-0.39, 0.29) is 0 Å². The molecule has 1 aromatic rings. The molecule has 1 atom stereocenters. The van der Waals surface area contributed by atoms with Gasteiger partial charge in [0.1, 0.15) is 0 Å². The van der Waals surface area contributed by atoms with Crippen LogP contribution in [-0.4, -0.2) is 19.4 Å². The number of hydrogen-bond donors (Lipinski definition) is 1. The molecule has 0 saturated carbocycles. The molecule has 1 aliphatic rings. The van der Waals surface area contributed by atoms with Crippen molar-refractivity contribution in [2.45, 2.75) is 45.6 Å². The largest absolute Gasteiger partial charge is 0.454 e. The van der Waals surface area contributed by atoms with Crippen molar-refractivity contribution in [3.8, 4) is 11.5 Å². The lowest BCUT2D eigenvalue weighted by atomic mass is 10.1. The molecule has 0 saturated heterocycles. The van der Waals surface area contributed by atoms with Crippen LogP contribution in [0.3, 0.4) is 0 Å². The fourth-order valence-electron chi connectivity index (χ4n) is 2.22. The van der Waals surface area contributed by atoms with Gasteiger partial charge < -0.3 is 14.8 Å². The summed E-state index contributed by atoms with van der Waals surface area (Å²) in [6, 6.07) is 6.72. The van der Waals surface area contributed by atoms with E-state index in [0.29, 0.717) is 12.8 Å². The van der Waals surface area contributed by atoms with Crippen molar-refractivity contribution in [3.05, 3.63) is 23.8 Å². The van der Waals surface area contributed by atoms with Crippen molar-refractivity contribution >= 4 is 0 Å². The van der Waals surface area contributed by atoms with Crippen LogP contribution in [-0.2, 0) is 6.42 Å². The van der Waals surface area contributed by atoms with Crippen LogP contribution in [0.25, 0.3) is 0 Å². The Morgan fingerprint density at radius 2 is 2.06 bits per heavy atom. The van der Waals surface area contributed by atoms with E-state index >= 15 is 0 Å². The van der Waals surface area contributed by atoms with Gasteiger partial charge in [-0.2, -0.15) is 0 Å². The number of fused-ring (bicyclic) bond motifs is 1. The van der Waals surface area contributed by atoms with E-state index in [1.165, 1.54) is 24.8 Å². The monoisotopic (exact) mass is 249 g/mol. The zero-order valence-corrected chi connectivity index (χ0v) is 11.4. The average molecular weight is 249 g/mol. The van der Waals surface area contributed by atoms with Gasteiger partial charge in [0.25, 0.3) is 0 Å². The highest BCUT2D eigenvalue weighted by Crippen LogP contribution is 2.32. The van der Waals surface area contributed by atoms with Crippen molar-refractivity contribution in [2.75, 3.05) is 13.3 Å². The first-order valence-electron chi connectivity index (χ1n) is 6.91. The molecule has 0 bridgehead atoms. The van der Waals surface area contributed by atoms with Gasteiger partial charge in [-0.05, 0) is 44.0 Å². The summed E-state index contributed by atoms with van der Waals surface area (Å²) < 4.78 is 10.7. The minimum atomic E-state index is 0.351. The minimum absolute atomic E-state index is 0.351. The van der Waals surface area contributed by atoms with Gasteiger partial charge in [0.05, 0.1) is 0 Å². The Kier molecular flexibility index (Phi) is 4.88. The molecule has 2 rings (SSSR count). The van der Waals surface area contributed by atoms with Crippen molar-refractivity contribution in [2.24, 2.45) is 0 Å². The lowest BCUT2D eigenvalue weighted by Gasteiger charge is -2.14. The predicted molar refractivity (Wildman–Crippen MR) is 73.3 cm³/mol. The highest BCUT2D eigenvalue weighted by Gasteiger charge is 2.13. The van der Waals surface area contributed by atoms with E-state index in [1.54, 1.807) is 0 Å².